The van der Waals surface area contributed by atoms with E-state index in [-0.39, 0.29) is 0 Å². The van der Waals surface area contributed by atoms with Gasteiger partial charge in [-0.15, -0.1) is 0 Å². The van der Waals surface area contributed by atoms with Crippen LogP contribution in [0.1, 0.15) is 11.1 Å². The Morgan fingerprint density at radius 3 is 2.65 bits per heavy atom. The largest absolute Gasteiger partial charge is 0.346 e. The molecule has 0 aliphatic rings. The quantitative estimate of drug-likeness (QED) is 0.436. The zero-order chi connectivity index (χ0) is 13.3. The minimum absolute atomic E-state index is 0.895. The number of pyridine rings is 1. The van der Waals surface area contributed by atoms with E-state index in [0.717, 1.165) is 16.6 Å². The molecule has 0 saturated heterocycles. The molecule has 0 unspecified atom stereocenters. The van der Waals surface area contributed by atoms with Gasteiger partial charge < -0.3 is 10.8 Å². The molecule has 0 aromatic carbocycles. The Hall–Kier alpha value is -2.86. The van der Waals surface area contributed by atoms with Crippen molar-refractivity contribution in [2.45, 2.75) is 6.92 Å². The first-order valence-electron chi connectivity index (χ1n) is 4.50. The third-order valence-electron chi connectivity index (χ3n) is 1.98. The van der Waals surface area contributed by atoms with Gasteiger partial charge in [-0.05, 0) is 18.6 Å². The monoisotopic (exact) mass is 228 g/mol. The maximum atomic E-state index is 6.50. The Bertz CT molecular complexity index is 528. The summed E-state index contributed by atoms with van der Waals surface area (Å²) in [6.45, 7) is 9.03. The molecule has 0 saturated carbocycles. The molecule has 0 amide bonds. The molecule has 2 aromatic heterocycles. The zero-order valence-electron chi connectivity index (χ0n) is 9.33. The van der Waals surface area contributed by atoms with Crippen molar-refractivity contribution >= 4 is 17.2 Å². The summed E-state index contributed by atoms with van der Waals surface area (Å²) in [6.07, 6.45) is 5.24. The number of fused-ring (bicyclic) bond motifs is 1. The van der Waals surface area contributed by atoms with E-state index in [0.29, 0.717) is 0 Å². The summed E-state index contributed by atoms with van der Waals surface area (Å²) in [6, 6.07) is 2.00. The Morgan fingerprint density at radius 1 is 1.41 bits per heavy atom. The number of nitriles is 2. The Labute approximate surface area is 99.0 Å². The van der Waals surface area contributed by atoms with Crippen LogP contribution in [-0.2, 0) is 0 Å². The molecule has 3 N–H and O–H groups in total. The van der Waals surface area contributed by atoms with E-state index < -0.39 is 0 Å². The molecule has 0 bridgehead atoms. The van der Waals surface area contributed by atoms with Crippen LogP contribution in [0.25, 0.3) is 11.0 Å². The number of rotatable bonds is 1. The van der Waals surface area contributed by atoms with Crippen molar-refractivity contribution in [3.05, 3.63) is 29.6 Å². The zero-order valence-corrected chi connectivity index (χ0v) is 9.33. The van der Waals surface area contributed by atoms with Crippen LogP contribution in [-0.4, -0.2) is 16.2 Å². The van der Waals surface area contributed by atoms with Gasteiger partial charge >= 0.3 is 0 Å². The number of hydrogen-bond donors (Lipinski definition) is 2. The Balaban J connectivity index is 0.000000581. The van der Waals surface area contributed by atoms with E-state index in [4.69, 9.17) is 16.4 Å². The molecule has 0 fully saturated rings. The van der Waals surface area contributed by atoms with Crippen molar-refractivity contribution in [1.82, 2.24) is 9.97 Å². The van der Waals surface area contributed by atoms with Crippen LogP contribution in [0.2, 0.25) is 0 Å². The average molecular weight is 228 g/mol. The highest BCUT2D eigenvalue weighted by atomic mass is 15.1. The predicted molar refractivity (Wildman–Crippen MR) is 66.0 cm³/mol. The minimum Gasteiger partial charge on any atom is -0.346 e. The van der Waals surface area contributed by atoms with Crippen molar-refractivity contribution in [2.75, 3.05) is 0 Å². The van der Waals surface area contributed by atoms with Gasteiger partial charge in [-0.3, -0.25) is 0 Å². The number of hydrazone groups is 1. The smallest absolute Gasteiger partial charge is 0.137 e. The van der Waals surface area contributed by atoms with Crippen molar-refractivity contribution in [2.24, 2.45) is 10.9 Å². The second-order valence-corrected chi connectivity index (χ2v) is 2.91. The number of aromatic amines is 1. The number of nitrogens with zero attached hydrogens (tertiary/aromatic N) is 4. The highest BCUT2D eigenvalue weighted by molar-refractivity contribution is 5.88. The molecule has 0 radical (unpaired) electrons. The van der Waals surface area contributed by atoms with E-state index in [9.17, 15) is 0 Å². The fourth-order valence-corrected chi connectivity index (χ4v) is 1.31. The molecule has 0 aliphatic heterocycles. The first kappa shape index (κ1) is 14.1. The van der Waals surface area contributed by atoms with Crippen LogP contribution >= 0.6 is 0 Å². The molecule has 2 aromatic rings. The summed E-state index contributed by atoms with van der Waals surface area (Å²) in [5.41, 5.74) is 2.99. The molecule has 2 rings (SSSR count). The van der Waals surface area contributed by atoms with E-state index in [1.807, 2.05) is 19.2 Å². The second kappa shape index (κ2) is 7.43. The van der Waals surface area contributed by atoms with Crippen molar-refractivity contribution in [3.8, 4) is 13.1 Å². The predicted octanol–water partition coefficient (Wildman–Crippen LogP) is 1.44. The molecule has 0 atom stereocenters. The van der Waals surface area contributed by atoms with Crippen molar-refractivity contribution < 1.29 is 0 Å². The summed E-state index contributed by atoms with van der Waals surface area (Å²) in [5.74, 6) is 5.05. The molecular formula is C11H12N6. The maximum Gasteiger partial charge on any atom is 0.137 e. The Kier molecular flexibility index (Phi) is 6.18. The summed E-state index contributed by atoms with van der Waals surface area (Å²) in [5, 5.41) is 17.6. The molecule has 6 nitrogen and oxygen atoms in total. The topological polar surface area (TPSA) is 115 Å². The van der Waals surface area contributed by atoms with Crippen LogP contribution in [0.5, 0.6) is 0 Å². The van der Waals surface area contributed by atoms with Gasteiger partial charge in [-0.2, -0.15) is 5.10 Å². The average Bonchev–Trinajstić information content (AvgIpc) is 2.77. The van der Waals surface area contributed by atoms with Gasteiger partial charge in [0.15, 0.2) is 0 Å². The van der Waals surface area contributed by atoms with Gasteiger partial charge in [0.25, 0.3) is 0 Å². The van der Waals surface area contributed by atoms with Gasteiger partial charge in [-0.25, -0.2) is 15.5 Å². The lowest BCUT2D eigenvalue weighted by Gasteiger charge is -1.93. The van der Waals surface area contributed by atoms with E-state index in [1.165, 1.54) is 5.56 Å². The van der Waals surface area contributed by atoms with Crippen LogP contribution in [0.4, 0.5) is 0 Å². The van der Waals surface area contributed by atoms with Crippen molar-refractivity contribution in [1.29, 1.82) is 10.5 Å². The first-order valence-corrected chi connectivity index (χ1v) is 4.50. The third-order valence-corrected chi connectivity index (χ3v) is 1.98. The lowest BCUT2D eigenvalue weighted by atomic mass is 10.2. The van der Waals surface area contributed by atoms with Crippen LogP contribution < -0.4 is 5.84 Å². The van der Waals surface area contributed by atoms with E-state index in [2.05, 4.69) is 28.2 Å². The fourth-order valence-electron chi connectivity index (χ4n) is 1.31. The molecule has 2 heterocycles. The summed E-state index contributed by atoms with van der Waals surface area (Å²) in [4.78, 5) is 7.29. The number of H-pyrrole nitrogens is 1. The normalized spacial score (nSPS) is 9.00. The van der Waals surface area contributed by atoms with Gasteiger partial charge in [0, 0.05) is 36.5 Å². The van der Waals surface area contributed by atoms with Gasteiger partial charge in [0.1, 0.15) is 5.65 Å². The van der Waals surface area contributed by atoms with Crippen molar-refractivity contribution in [3.63, 3.8) is 0 Å². The lowest BCUT2D eigenvalue weighted by Crippen LogP contribution is -1.88. The second-order valence-electron chi connectivity index (χ2n) is 2.91. The minimum atomic E-state index is 0.895. The molecule has 6 heteroatoms. The van der Waals surface area contributed by atoms with Gasteiger partial charge in [-0.1, -0.05) is 0 Å². The molecule has 86 valence electrons. The third kappa shape index (κ3) is 3.33. The fraction of sp³-hybridized carbons (Fsp3) is 0.0909. The van der Waals surface area contributed by atoms with Gasteiger partial charge in [0.2, 0.25) is 0 Å². The van der Waals surface area contributed by atoms with Crippen LogP contribution in [0.3, 0.4) is 0 Å². The number of nitrogens with one attached hydrogen (secondary N) is 1. The van der Waals surface area contributed by atoms with Crippen LogP contribution in [0, 0.1) is 30.6 Å². The molecule has 17 heavy (non-hydrogen) atoms. The summed E-state index contributed by atoms with van der Waals surface area (Å²) >= 11 is 0. The first-order chi connectivity index (χ1) is 8.31. The maximum absolute atomic E-state index is 6.50. The number of aryl methyl sites for hydroxylation is 1. The summed E-state index contributed by atoms with van der Waals surface area (Å²) in [7, 11) is 0. The number of nitrogens with two attached hydrogens (primary N) is 1. The number of hydrogen-bond acceptors (Lipinski definition) is 5. The number of aromatic nitrogens is 2. The SMILES string of the molecule is C#N.C#N.Cc1c[nH]c2ncc(C=NN)cc12. The molecular weight excluding hydrogens is 216 g/mol. The highest BCUT2D eigenvalue weighted by Crippen LogP contribution is 2.15. The summed E-state index contributed by atoms with van der Waals surface area (Å²) < 4.78 is 0. The van der Waals surface area contributed by atoms with E-state index >= 15 is 0 Å². The van der Waals surface area contributed by atoms with Gasteiger partial charge in [0.05, 0.1) is 6.21 Å². The van der Waals surface area contributed by atoms with Crippen LogP contribution in [0.15, 0.2) is 23.6 Å². The molecule has 0 spiro atoms. The Morgan fingerprint density at radius 2 is 2.06 bits per heavy atom. The highest BCUT2D eigenvalue weighted by Gasteiger charge is 2.00. The molecule has 0 aliphatic carbocycles. The van der Waals surface area contributed by atoms with E-state index in [1.54, 1.807) is 12.4 Å². The standard InChI is InChI=1S/C9H10N4.2CHN/c1-6-3-11-9-8(6)2-7(4-12-9)5-13-10;2*1-2/h2-5H,10H2,1H3,(H,11,12);2*1H. The lowest BCUT2D eigenvalue weighted by molar-refractivity contribution is 1.26.